The molecule has 3 aliphatic rings. The van der Waals surface area contributed by atoms with Crippen LogP contribution in [-0.2, 0) is 16.6 Å². The first-order chi connectivity index (χ1) is 11.6. The van der Waals surface area contributed by atoms with Crippen molar-refractivity contribution in [3.05, 3.63) is 16.1 Å². The topological polar surface area (TPSA) is 53.5 Å². The van der Waals surface area contributed by atoms with E-state index < -0.39 is 10.0 Å². The van der Waals surface area contributed by atoms with E-state index in [1.165, 1.54) is 36.4 Å². The standard InChI is InChI=1S/C17H27N3O2S2/c21-24(22,16-6-7-16)20-9-3-8-19(10-11-20)12-15-13-23-17(18-15)14-4-1-2-5-14/h13-14,16H,1-12H2. The highest BCUT2D eigenvalue weighted by atomic mass is 32.2. The molecule has 0 N–H and O–H groups in total. The van der Waals surface area contributed by atoms with Crippen LogP contribution in [0, 0.1) is 0 Å². The van der Waals surface area contributed by atoms with Crippen molar-refractivity contribution >= 4 is 21.4 Å². The number of aromatic nitrogens is 1. The van der Waals surface area contributed by atoms with Gasteiger partial charge < -0.3 is 0 Å². The van der Waals surface area contributed by atoms with Crippen molar-refractivity contribution in [3.63, 3.8) is 0 Å². The predicted octanol–water partition coefficient (Wildman–Crippen LogP) is 2.80. The molecule has 134 valence electrons. The van der Waals surface area contributed by atoms with Crippen molar-refractivity contribution in [2.75, 3.05) is 26.2 Å². The molecule has 1 aliphatic heterocycles. The Morgan fingerprint density at radius 3 is 2.58 bits per heavy atom. The number of nitrogens with zero attached hydrogens (tertiary/aromatic N) is 3. The molecule has 0 bridgehead atoms. The normalized spacial score (nSPS) is 25.2. The largest absolute Gasteiger partial charge is 0.296 e. The van der Waals surface area contributed by atoms with Crippen LogP contribution in [0.1, 0.15) is 61.6 Å². The summed E-state index contributed by atoms with van der Waals surface area (Å²) >= 11 is 1.81. The molecule has 0 spiro atoms. The maximum Gasteiger partial charge on any atom is 0.217 e. The molecule has 7 heteroatoms. The molecule has 3 fully saturated rings. The Morgan fingerprint density at radius 2 is 1.83 bits per heavy atom. The second kappa shape index (κ2) is 7.02. The zero-order valence-corrected chi connectivity index (χ0v) is 15.8. The maximum absolute atomic E-state index is 12.4. The van der Waals surface area contributed by atoms with Crippen molar-refractivity contribution in [2.24, 2.45) is 0 Å². The molecule has 1 saturated heterocycles. The molecule has 0 atom stereocenters. The Labute approximate surface area is 149 Å². The smallest absolute Gasteiger partial charge is 0.217 e. The quantitative estimate of drug-likeness (QED) is 0.801. The summed E-state index contributed by atoms with van der Waals surface area (Å²) in [5, 5.41) is 3.43. The summed E-state index contributed by atoms with van der Waals surface area (Å²) in [7, 11) is -3.02. The lowest BCUT2D eigenvalue weighted by Gasteiger charge is -2.21. The predicted molar refractivity (Wildman–Crippen MR) is 96.7 cm³/mol. The Bertz CT molecular complexity index is 663. The van der Waals surface area contributed by atoms with Gasteiger partial charge in [0.1, 0.15) is 0 Å². The van der Waals surface area contributed by atoms with Gasteiger partial charge in [0.05, 0.1) is 16.0 Å². The van der Waals surface area contributed by atoms with E-state index in [1.54, 1.807) is 4.31 Å². The highest BCUT2D eigenvalue weighted by Crippen LogP contribution is 2.36. The summed E-state index contributed by atoms with van der Waals surface area (Å²) in [6.45, 7) is 3.97. The Morgan fingerprint density at radius 1 is 1.04 bits per heavy atom. The van der Waals surface area contributed by atoms with Crippen LogP contribution in [0.15, 0.2) is 5.38 Å². The monoisotopic (exact) mass is 369 g/mol. The first-order valence-electron chi connectivity index (χ1n) is 9.28. The van der Waals surface area contributed by atoms with Crippen molar-refractivity contribution in [2.45, 2.75) is 62.7 Å². The van der Waals surface area contributed by atoms with E-state index in [4.69, 9.17) is 4.98 Å². The van der Waals surface area contributed by atoms with Crippen LogP contribution >= 0.6 is 11.3 Å². The zero-order chi connectivity index (χ0) is 16.6. The maximum atomic E-state index is 12.4. The van der Waals surface area contributed by atoms with Crippen LogP contribution in [-0.4, -0.2) is 54.0 Å². The molecule has 1 aromatic rings. The van der Waals surface area contributed by atoms with Gasteiger partial charge in [-0.25, -0.2) is 17.7 Å². The SMILES string of the molecule is O=S(=O)(C1CC1)N1CCCN(Cc2csc(C3CCCC3)n2)CC1. The van der Waals surface area contributed by atoms with E-state index >= 15 is 0 Å². The summed E-state index contributed by atoms with van der Waals surface area (Å²) in [6, 6.07) is 0. The summed E-state index contributed by atoms with van der Waals surface area (Å²) in [4.78, 5) is 7.24. The third-order valence-electron chi connectivity index (χ3n) is 5.51. The molecular weight excluding hydrogens is 342 g/mol. The van der Waals surface area contributed by atoms with E-state index in [1.807, 2.05) is 11.3 Å². The first-order valence-corrected chi connectivity index (χ1v) is 11.7. The number of sulfonamides is 1. The lowest BCUT2D eigenvalue weighted by atomic mass is 10.1. The number of thiazole rings is 1. The fourth-order valence-electron chi connectivity index (χ4n) is 3.92. The van der Waals surface area contributed by atoms with Crippen molar-refractivity contribution in [1.82, 2.24) is 14.2 Å². The Kier molecular flexibility index (Phi) is 4.95. The van der Waals surface area contributed by atoms with Crippen LogP contribution in [0.4, 0.5) is 0 Å². The van der Waals surface area contributed by atoms with Crippen LogP contribution in [0.5, 0.6) is 0 Å². The number of rotatable bonds is 5. The molecule has 0 amide bonds. The van der Waals surface area contributed by atoms with E-state index in [2.05, 4.69) is 10.3 Å². The third kappa shape index (κ3) is 3.69. The molecule has 1 aromatic heterocycles. The van der Waals surface area contributed by atoms with Gasteiger partial charge in [0.25, 0.3) is 0 Å². The van der Waals surface area contributed by atoms with Crippen LogP contribution in [0.3, 0.4) is 0 Å². The van der Waals surface area contributed by atoms with E-state index in [0.29, 0.717) is 19.0 Å². The summed E-state index contributed by atoms with van der Waals surface area (Å²) in [5.41, 5.74) is 1.17. The first kappa shape index (κ1) is 16.9. The summed E-state index contributed by atoms with van der Waals surface area (Å²) in [6.07, 6.45) is 7.91. The molecule has 2 aliphatic carbocycles. The average Bonchev–Trinajstić information content (AvgIpc) is 3.19. The van der Waals surface area contributed by atoms with Crippen molar-refractivity contribution in [3.8, 4) is 0 Å². The van der Waals surface area contributed by atoms with Gasteiger partial charge in [-0.15, -0.1) is 11.3 Å². The molecule has 2 heterocycles. The van der Waals surface area contributed by atoms with Gasteiger partial charge in [0.2, 0.25) is 10.0 Å². The lowest BCUT2D eigenvalue weighted by Crippen LogP contribution is -2.37. The lowest BCUT2D eigenvalue weighted by molar-refractivity contribution is 0.275. The second-order valence-electron chi connectivity index (χ2n) is 7.43. The molecule has 5 nitrogen and oxygen atoms in total. The molecule has 4 rings (SSSR count). The minimum absolute atomic E-state index is 0.0865. The molecule has 0 aromatic carbocycles. The van der Waals surface area contributed by atoms with Gasteiger partial charge in [-0.05, 0) is 38.6 Å². The van der Waals surface area contributed by atoms with Crippen LogP contribution < -0.4 is 0 Å². The highest BCUT2D eigenvalue weighted by molar-refractivity contribution is 7.90. The van der Waals surface area contributed by atoms with E-state index in [9.17, 15) is 8.42 Å². The average molecular weight is 370 g/mol. The third-order valence-corrected chi connectivity index (χ3v) is 8.97. The number of hydrogen-bond donors (Lipinski definition) is 0. The fraction of sp³-hybridized carbons (Fsp3) is 0.824. The zero-order valence-electron chi connectivity index (χ0n) is 14.2. The van der Waals surface area contributed by atoms with Gasteiger partial charge in [0, 0.05) is 37.5 Å². The van der Waals surface area contributed by atoms with E-state index in [-0.39, 0.29) is 5.25 Å². The van der Waals surface area contributed by atoms with Crippen LogP contribution in [0.25, 0.3) is 0 Å². The molecule has 24 heavy (non-hydrogen) atoms. The molecular formula is C17H27N3O2S2. The molecule has 0 radical (unpaired) electrons. The summed E-state index contributed by atoms with van der Waals surface area (Å²) in [5.74, 6) is 0.687. The fourth-order valence-corrected chi connectivity index (χ4v) is 6.78. The minimum atomic E-state index is -3.02. The van der Waals surface area contributed by atoms with Gasteiger partial charge in [-0.3, -0.25) is 4.90 Å². The van der Waals surface area contributed by atoms with Gasteiger partial charge in [0.15, 0.2) is 0 Å². The van der Waals surface area contributed by atoms with Gasteiger partial charge in [-0.2, -0.15) is 0 Å². The number of hydrogen-bond acceptors (Lipinski definition) is 5. The molecule has 0 unspecified atom stereocenters. The van der Waals surface area contributed by atoms with E-state index in [0.717, 1.165) is 38.9 Å². The second-order valence-corrected chi connectivity index (χ2v) is 10.5. The molecule has 2 saturated carbocycles. The Balaban J connectivity index is 1.34. The summed E-state index contributed by atoms with van der Waals surface area (Å²) < 4.78 is 26.6. The minimum Gasteiger partial charge on any atom is -0.296 e. The van der Waals surface area contributed by atoms with Crippen LogP contribution in [0.2, 0.25) is 0 Å². The van der Waals surface area contributed by atoms with Gasteiger partial charge >= 0.3 is 0 Å². The Hall–Kier alpha value is -0.500. The van der Waals surface area contributed by atoms with Crippen molar-refractivity contribution < 1.29 is 8.42 Å². The van der Waals surface area contributed by atoms with Gasteiger partial charge in [-0.1, -0.05) is 12.8 Å². The van der Waals surface area contributed by atoms with Crippen molar-refractivity contribution in [1.29, 1.82) is 0 Å². The highest BCUT2D eigenvalue weighted by Gasteiger charge is 2.40.